The van der Waals surface area contributed by atoms with E-state index in [9.17, 15) is 8.42 Å². The molecule has 0 aliphatic heterocycles. The van der Waals surface area contributed by atoms with Crippen molar-refractivity contribution < 1.29 is 12.9 Å². The predicted octanol–water partition coefficient (Wildman–Crippen LogP) is 2.28. The fourth-order valence-corrected chi connectivity index (χ4v) is 4.02. The molecule has 21 heavy (non-hydrogen) atoms. The quantitative estimate of drug-likeness (QED) is 0.779. The molecule has 0 aliphatic carbocycles. The van der Waals surface area contributed by atoms with E-state index in [1.807, 2.05) is 6.07 Å². The van der Waals surface area contributed by atoms with Crippen molar-refractivity contribution in [1.82, 2.24) is 14.9 Å². The molecule has 3 rings (SSSR count). The second-order valence-electron chi connectivity index (χ2n) is 4.18. The van der Waals surface area contributed by atoms with Crippen LogP contribution in [0.4, 0.5) is 0 Å². The van der Waals surface area contributed by atoms with Gasteiger partial charge in [-0.15, -0.1) is 11.3 Å². The SMILES string of the molecule is O=S(=O)(NCc1cccnc1)c1ccc(-c2ccno2)s1. The van der Waals surface area contributed by atoms with Gasteiger partial charge in [0.05, 0.1) is 11.1 Å². The second-order valence-corrected chi connectivity index (χ2v) is 7.26. The molecule has 0 amide bonds. The van der Waals surface area contributed by atoms with Crippen LogP contribution in [0.5, 0.6) is 0 Å². The minimum Gasteiger partial charge on any atom is -0.355 e. The zero-order chi connectivity index (χ0) is 14.7. The molecule has 0 aromatic carbocycles. The molecule has 6 nitrogen and oxygen atoms in total. The van der Waals surface area contributed by atoms with Gasteiger partial charge in [0.1, 0.15) is 4.21 Å². The first kappa shape index (κ1) is 13.9. The van der Waals surface area contributed by atoms with Crippen LogP contribution in [0.2, 0.25) is 0 Å². The molecular formula is C13H11N3O3S2. The van der Waals surface area contributed by atoms with E-state index in [2.05, 4.69) is 14.9 Å². The van der Waals surface area contributed by atoms with E-state index in [0.717, 1.165) is 16.9 Å². The number of sulfonamides is 1. The van der Waals surface area contributed by atoms with Crippen molar-refractivity contribution in [1.29, 1.82) is 0 Å². The van der Waals surface area contributed by atoms with Crippen molar-refractivity contribution in [3.8, 4) is 10.6 Å². The third-order valence-corrected chi connectivity index (χ3v) is 5.71. The number of pyridine rings is 1. The molecule has 0 saturated carbocycles. The van der Waals surface area contributed by atoms with E-state index in [-0.39, 0.29) is 10.8 Å². The van der Waals surface area contributed by atoms with Gasteiger partial charge in [-0.2, -0.15) is 0 Å². The topological polar surface area (TPSA) is 85.1 Å². The molecule has 0 saturated heterocycles. The molecule has 0 bridgehead atoms. The molecule has 0 spiro atoms. The van der Waals surface area contributed by atoms with Crippen molar-refractivity contribution in [2.24, 2.45) is 0 Å². The lowest BCUT2D eigenvalue weighted by Gasteiger charge is -2.04. The maximum Gasteiger partial charge on any atom is 0.250 e. The van der Waals surface area contributed by atoms with Crippen molar-refractivity contribution in [2.45, 2.75) is 10.8 Å². The van der Waals surface area contributed by atoms with Crippen LogP contribution >= 0.6 is 11.3 Å². The van der Waals surface area contributed by atoms with Crippen LogP contribution in [-0.2, 0) is 16.6 Å². The molecule has 0 unspecified atom stereocenters. The minimum atomic E-state index is -3.55. The highest BCUT2D eigenvalue weighted by molar-refractivity contribution is 7.91. The Morgan fingerprint density at radius 2 is 2.10 bits per heavy atom. The molecule has 108 valence electrons. The molecule has 0 atom stereocenters. The maximum absolute atomic E-state index is 12.2. The zero-order valence-electron chi connectivity index (χ0n) is 10.8. The van der Waals surface area contributed by atoms with Gasteiger partial charge in [0, 0.05) is 25.0 Å². The Labute approximate surface area is 125 Å². The molecule has 3 heterocycles. The van der Waals surface area contributed by atoms with Gasteiger partial charge in [0.2, 0.25) is 10.0 Å². The van der Waals surface area contributed by atoms with Crippen molar-refractivity contribution in [3.05, 3.63) is 54.5 Å². The van der Waals surface area contributed by atoms with E-state index in [1.165, 1.54) is 6.20 Å². The van der Waals surface area contributed by atoms with Crippen molar-refractivity contribution in [3.63, 3.8) is 0 Å². The number of rotatable bonds is 5. The Bertz CT molecular complexity index is 811. The number of aromatic nitrogens is 2. The highest BCUT2D eigenvalue weighted by Crippen LogP contribution is 2.30. The normalized spacial score (nSPS) is 11.6. The molecule has 0 aliphatic rings. The Morgan fingerprint density at radius 3 is 2.81 bits per heavy atom. The summed E-state index contributed by atoms with van der Waals surface area (Å²) in [5, 5.41) is 3.61. The summed E-state index contributed by atoms with van der Waals surface area (Å²) < 4.78 is 32.2. The lowest BCUT2D eigenvalue weighted by Crippen LogP contribution is -2.22. The summed E-state index contributed by atoms with van der Waals surface area (Å²) in [5.41, 5.74) is 0.799. The average Bonchev–Trinajstić information content (AvgIpc) is 3.17. The van der Waals surface area contributed by atoms with Crippen molar-refractivity contribution in [2.75, 3.05) is 0 Å². The molecule has 8 heteroatoms. The Balaban J connectivity index is 1.76. The minimum absolute atomic E-state index is 0.200. The summed E-state index contributed by atoms with van der Waals surface area (Å²) in [6.45, 7) is 0.200. The lowest BCUT2D eigenvalue weighted by molar-refractivity contribution is 0.433. The van der Waals surface area contributed by atoms with Gasteiger partial charge in [-0.3, -0.25) is 4.98 Å². The number of thiophene rings is 1. The lowest BCUT2D eigenvalue weighted by atomic mass is 10.3. The van der Waals surface area contributed by atoms with Crippen LogP contribution in [0.25, 0.3) is 10.6 Å². The standard InChI is InChI=1S/C13H11N3O3S2/c17-21(18,16-9-10-2-1-6-14-8-10)13-4-3-12(20-13)11-5-7-15-19-11/h1-8,16H,9H2. The van der Waals surface area contributed by atoms with Gasteiger partial charge < -0.3 is 4.52 Å². The highest BCUT2D eigenvalue weighted by Gasteiger charge is 2.18. The molecule has 3 aromatic heterocycles. The number of nitrogens with zero attached hydrogens (tertiary/aromatic N) is 2. The Morgan fingerprint density at radius 1 is 1.19 bits per heavy atom. The molecule has 3 aromatic rings. The van der Waals surface area contributed by atoms with E-state index in [0.29, 0.717) is 10.6 Å². The summed E-state index contributed by atoms with van der Waals surface area (Å²) in [6.07, 6.45) is 4.78. The highest BCUT2D eigenvalue weighted by atomic mass is 32.2. The largest absolute Gasteiger partial charge is 0.355 e. The Hall–Kier alpha value is -2.03. The first-order valence-corrected chi connectivity index (χ1v) is 8.34. The third kappa shape index (κ3) is 3.18. The average molecular weight is 321 g/mol. The first-order chi connectivity index (χ1) is 10.1. The van der Waals surface area contributed by atoms with Gasteiger partial charge >= 0.3 is 0 Å². The summed E-state index contributed by atoms with van der Waals surface area (Å²) in [4.78, 5) is 4.66. The van der Waals surface area contributed by atoms with Crippen LogP contribution in [0.3, 0.4) is 0 Å². The van der Waals surface area contributed by atoms with Crippen LogP contribution in [0, 0.1) is 0 Å². The maximum atomic E-state index is 12.2. The van der Waals surface area contributed by atoms with Crippen LogP contribution in [0.15, 0.2) is 57.7 Å². The van der Waals surface area contributed by atoms with Crippen molar-refractivity contribution >= 4 is 21.4 Å². The zero-order valence-corrected chi connectivity index (χ0v) is 12.4. The van der Waals surface area contributed by atoms with Crippen LogP contribution < -0.4 is 4.72 Å². The van der Waals surface area contributed by atoms with Gasteiger partial charge in [0.25, 0.3) is 0 Å². The number of nitrogens with one attached hydrogen (secondary N) is 1. The number of hydrogen-bond donors (Lipinski definition) is 1. The summed E-state index contributed by atoms with van der Waals surface area (Å²) in [5.74, 6) is 0.550. The smallest absolute Gasteiger partial charge is 0.250 e. The summed E-state index contributed by atoms with van der Waals surface area (Å²) in [6, 6.07) is 8.50. The van der Waals surface area contributed by atoms with E-state index in [1.54, 1.807) is 36.7 Å². The Kier molecular flexibility index (Phi) is 3.82. The van der Waals surface area contributed by atoms with Gasteiger partial charge in [-0.25, -0.2) is 13.1 Å². The van der Waals surface area contributed by atoms with Gasteiger partial charge in [-0.1, -0.05) is 11.2 Å². The van der Waals surface area contributed by atoms with E-state index in [4.69, 9.17) is 4.52 Å². The molecular weight excluding hydrogens is 310 g/mol. The molecule has 0 radical (unpaired) electrons. The van der Waals surface area contributed by atoms with Crippen LogP contribution in [-0.4, -0.2) is 18.6 Å². The first-order valence-electron chi connectivity index (χ1n) is 6.04. The number of hydrogen-bond acceptors (Lipinski definition) is 6. The summed E-state index contributed by atoms with van der Waals surface area (Å²) in [7, 11) is -3.55. The predicted molar refractivity (Wildman–Crippen MR) is 78.1 cm³/mol. The second kappa shape index (κ2) is 5.76. The third-order valence-electron chi connectivity index (χ3n) is 2.72. The molecule has 0 fully saturated rings. The van der Waals surface area contributed by atoms with E-state index >= 15 is 0 Å². The molecule has 1 N–H and O–H groups in total. The van der Waals surface area contributed by atoms with Crippen LogP contribution in [0.1, 0.15) is 5.56 Å². The fourth-order valence-electron chi connectivity index (χ4n) is 1.69. The fraction of sp³-hybridized carbons (Fsp3) is 0.0769. The van der Waals surface area contributed by atoms with Gasteiger partial charge in [0.15, 0.2) is 5.76 Å². The van der Waals surface area contributed by atoms with Gasteiger partial charge in [-0.05, 0) is 23.8 Å². The van der Waals surface area contributed by atoms with E-state index < -0.39 is 10.0 Å². The monoisotopic (exact) mass is 321 g/mol. The summed E-state index contributed by atoms with van der Waals surface area (Å²) >= 11 is 1.13.